The topological polar surface area (TPSA) is 35.8 Å². The first-order valence-electron chi connectivity index (χ1n) is 7.92. The number of rotatable bonds is 4. The van der Waals surface area contributed by atoms with Gasteiger partial charge in [0.25, 0.3) is 0 Å². The van der Waals surface area contributed by atoms with Crippen molar-refractivity contribution in [2.75, 3.05) is 5.32 Å². The zero-order valence-corrected chi connectivity index (χ0v) is 14.0. The van der Waals surface area contributed by atoms with Gasteiger partial charge in [0.1, 0.15) is 6.07 Å². The summed E-state index contributed by atoms with van der Waals surface area (Å²) in [6, 6.07) is 8.27. The lowest BCUT2D eigenvalue weighted by Crippen LogP contribution is -2.32. The van der Waals surface area contributed by atoms with E-state index in [-0.39, 0.29) is 0 Å². The van der Waals surface area contributed by atoms with E-state index >= 15 is 0 Å². The van der Waals surface area contributed by atoms with Crippen molar-refractivity contribution in [2.24, 2.45) is 11.3 Å². The summed E-state index contributed by atoms with van der Waals surface area (Å²) in [5, 5.41) is 13.1. The summed E-state index contributed by atoms with van der Waals surface area (Å²) in [5.74, 6) is 0.834. The van der Waals surface area contributed by atoms with Crippen molar-refractivity contribution in [1.82, 2.24) is 0 Å². The molecule has 1 aromatic rings. The minimum atomic E-state index is 0.458. The largest absolute Gasteiger partial charge is 0.382 e. The predicted octanol–water partition coefficient (Wildman–Crippen LogP) is 5.62. The summed E-state index contributed by atoms with van der Waals surface area (Å²) >= 11 is 5.97. The number of halogens is 1. The second-order valence-electron chi connectivity index (χ2n) is 6.84. The minimum absolute atomic E-state index is 0.458. The number of nitrogens with zero attached hydrogens (tertiary/aromatic N) is 1. The lowest BCUT2D eigenvalue weighted by molar-refractivity contribution is 0.147. The van der Waals surface area contributed by atoms with Gasteiger partial charge in [-0.05, 0) is 55.2 Å². The second kappa shape index (κ2) is 6.71. The maximum absolute atomic E-state index is 9.04. The first-order valence-corrected chi connectivity index (χ1v) is 8.30. The summed E-state index contributed by atoms with van der Waals surface area (Å²) < 4.78 is 0. The Morgan fingerprint density at radius 1 is 1.29 bits per heavy atom. The molecule has 1 fully saturated rings. The van der Waals surface area contributed by atoms with Crippen LogP contribution in [0.2, 0.25) is 5.02 Å². The summed E-state index contributed by atoms with van der Waals surface area (Å²) in [6.07, 6.45) is 6.24. The van der Waals surface area contributed by atoms with Gasteiger partial charge in [-0.3, -0.25) is 0 Å². The number of hydrogen-bond acceptors (Lipinski definition) is 2. The van der Waals surface area contributed by atoms with Crippen LogP contribution in [-0.4, -0.2) is 6.04 Å². The molecule has 0 saturated heterocycles. The van der Waals surface area contributed by atoms with Crippen LogP contribution in [0.5, 0.6) is 0 Å². The van der Waals surface area contributed by atoms with Crippen LogP contribution in [0.4, 0.5) is 5.69 Å². The molecule has 1 aromatic carbocycles. The van der Waals surface area contributed by atoms with E-state index in [2.05, 4.69) is 32.2 Å². The van der Waals surface area contributed by atoms with E-state index in [1.54, 1.807) is 6.07 Å². The van der Waals surface area contributed by atoms with Crippen molar-refractivity contribution >= 4 is 17.3 Å². The fraction of sp³-hybridized carbons (Fsp3) is 0.611. The fourth-order valence-electron chi connectivity index (χ4n) is 3.24. The molecule has 0 bridgehead atoms. The van der Waals surface area contributed by atoms with Crippen molar-refractivity contribution in [3.8, 4) is 6.07 Å². The van der Waals surface area contributed by atoms with Crippen LogP contribution in [0.3, 0.4) is 0 Å². The molecule has 1 saturated carbocycles. The van der Waals surface area contributed by atoms with Gasteiger partial charge in [-0.25, -0.2) is 0 Å². The van der Waals surface area contributed by atoms with Crippen molar-refractivity contribution in [3.05, 3.63) is 28.8 Å². The Bertz CT molecular complexity index is 523. The van der Waals surface area contributed by atoms with Crippen LogP contribution in [-0.2, 0) is 0 Å². The van der Waals surface area contributed by atoms with Crippen LogP contribution >= 0.6 is 11.6 Å². The number of benzene rings is 1. The molecule has 114 valence electrons. The van der Waals surface area contributed by atoms with Gasteiger partial charge in [-0.2, -0.15) is 5.26 Å². The van der Waals surface area contributed by atoms with Gasteiger partial charge in [0, 0.05) is 11.7 Å². The quantitative estimate of drug-likeness (QED) is 0.783. The molecular weight excluding hydrogens is 280 g/mol. The van der Waals surface area contributed by atoms with E-state index in [1.807, 2.05) is 12.1 Å². The molecule has 0 radical (unpaired) electrons. The molecule has 1 N–H and O–H groups in total. The SMILES string of the molecule is CCC(C)(C)C1CCC(Nc2ccc(Cl)c(C#N)c2)CC1. The molecule has 0 atom stereocenters. The lowest BCUT2D eigenvalue weighted by Gasteiger charge is -2.39. The molecule has 2 nitrogen and oxygen atoms in total. The number of nitriles is 1. The molecule has 0 unspecified atom stereocenters. The molecule has 1 aliphatic carbocycles. The molecule has 2 rings (SSSR count). The Hall–Kier alpha value is -1.20. The highest BCUT2D eigenvalue weighted by Gasteiger charge is 2.31. The van der Waals surface area contributed by atoms with Gasteiger partial charge < -0.3 is 5.32 Å². The maximum atomic E-state index is 9.04. The molecule has 0 aromatic heterocycles. The standard InChI is InChI=1S/C18H25ClN2/c1-4-18(2,3)14-5-7-15(8-6-14)21-16-9-10-17(19)13(11-16)12-20/h9-11,14-15,21H,4-8H2,1-3H3. The minimum Gasteiger partial charge on any atom is -0.382 e. The van der Waals surface area contributed by atoms with Crippen LogP contribution in [0.15, 0.2) is 18.2 Å². The molecule has 0 aliphatic heterocycles. The van der Waals surface area contributed by atoms with Crippen molar-refractivity contribution in [1.29, 1.82) is 5.26 Å². The van der Waals surface area contributed by atoms with Gasteiger partial charge in [0.05, 0.1) is 10.6 Å². The third kappa shape index (κ3) is 3.92. The average molecular weight is 305 g/mol. The maximum Gasteiger partial charge on any atom is 0.101 e. The molecule has 3 heteroatoms. The Morgan fingerprint density at radius 3 is 2.52 bits per heavy atom. The average Bonchev–Trinajstić information content (AvgIpc) is 2.49. The highest BCUT2D eigenvalue weighted by atomic mass is 35.5. The summed E-state index contributed by atoms with van der Waals surface area (Å²) in [5.41, 5.74) is 2.01. The third-order valence-electron chi connectivity index (χ3n) is 5.20. The van der Waals surface area contributed by atoms with Crippen LogP contribution in [0, 0.1) is 22.7 Å². The fourth-order valence-corrected chi connectivity index (χ4v) is 3.40. The van der Waals surface area contributed by atoms with Crippen molar-refractivity contribution in [3.63, 3.8) is 0 Å². The molecule has 0 heterocycles. The highest BCUT2D eigenvalue weighted by Crippen LogP contribution is 2.41. The Balaban J connectivity index is 1.94. The van der Waals surface area contributed by atoms with Gasteiger partial charge >= 0.3 is 0 Å². The first-order chi connectivity index (χ1) is 9.96. The first kappa shape index (κ1) is 16.2. The summed E-state index contributed by atoms with van der Waals surface area (Å²) in [7, 11) is 0. The smallest absolute Gasteiger partial charge is 0.101 e. The van der Waals surface area contributed by atoms with E-state index in [9.17, 15) is 0 Å². The number of nitrogens with one attached hydrogen (secondary N) is 1. The Morgan fingerprint density at radius 2 is 1.95 bits per heavy atom. The second-order valence-corrected chi connectivity index (χ2v) is 7.25. The van der Waals surface area contributed by atoms with Gasteiger partial charge in [-0.15, -0.1) is 0 Å². The van der Waals surface area contributed by atoms with Gasteiger partial charge in [-0.1, -0.05) is 38.8 Å². The van der Waals surface area contributed by atoms with Crippen molar-refractivity contribution in [2.45, 2.75) is 58.9 Å². The molecule has 0 amide bonds. The van der Waals surface area contributed by atoms with Gasteiger partial charge in [0.15, 0.2) is 0 Å². The van der Waals surface area contributed by atoms with Crippen molar-refractivity contribution < 1.29 is 0 Å². The summed E-state index contributed by atoms with van der Waals surface area (Å²) in [4.78, 5) is 0. The lowest BCUT2D eigenvalue weighted by atomic mass is 9.69. The monoisotopic (exact) mass is 304 g/mol. The van der Waals surface area contributed by atoms with Crippen LogP contribution in [0.25, 0.3) is 0 Å². The van der Waals surface area contributed by atoms with Crippen LogP contribution in [0.1, 0.15) is 58.4 Å². The third-order valence-corrected chi connectivity index (χ3v) is 5.53. The molecule has 0 spiro atoms. The van der Waals surface area contributed by atoms with E-state index in [1.165, 1.54) is 32.1 Å². The Kier molecular flexibility index (Phi) is 5.17. The Labute approximate surface area is 133 Å². The van der Waals surface area contributed by atoms with E-state index < -0.39 is 0 Å². The van der Waals surface area contributed by atoms with Gasteiger partial charge in [0.2, 0.25) is 0 Å². The van der Waals surface area contributed by atoms with Crippen LogP contribution < -0.4 is 5.32 Å². The van der Waals surface area contributed by atoms with E-state index in [4.69, 9.17) is 16.9 Å². The zero-order valence-electron chi connectivity index (χ0n) is 13.2. The number of hydrogen-bond donors (Lipinski definition) is 1. The van der Waals surface area contributed by atoms with E-state index in [0.717, 1.165) is 11.6 Å². The molecule has 1 aliphatic rings. The summed E-state index contributed by atoms with van der Waals surface area (Å²) in [6.45, 7) is 7.08. The number of anilines is 1. The molecule has 21 heavy (non-hydrogen) atoms. The predicted molar refractivity (Wildman–Crippen MR) is 89.6 cm³/mol. The van der Waals surface area contributed by atoms with E-state index in [0.29, 0.717) is 22.0 Å². The highest BCUT2D eigenvalue weighted by molar-refractivity contribution is 6.31. The normalized spacial score (nSPS) is 22.6. The zero-order chi connectivity index (χ0) is 15.5. The molecular formula is C18H25ClN2.